The van der Waals surface area contributed by atoms with E-state index in [0.29, 0.717) is 0 Å². The van der Waals surface area contributed by atoms with Crippen molar-refractivity contribution < 1.29 is 4.79 Å². The van der Waals surface area contributed by atoms with Crippen LogP contribution < -0.4 is 0 Å². The van der Waals surface area contributed by atoms with Crippen LogP contribution in [0, 0.1) is 34.5 Å². The molecule has 0 unspecified atom stereocenters. The van der Waals surface area contributed by atoms with E-state index < -0.39 is 0 Å². The third-order valence-corrected chi connectivity index (χ3v) is 5.33. The number of rotatable bonds is 5. The van der Waals surface area contributed by atoms with E-state index in [1.54, 1.807) is 6.21 Å². The van der Waals surface area contributed by atoms with E-state index in [1.807, 2.05) is 0 Å². The van der Waals surface area contributed by atoms with Crippen LogP contribution in [0.25, 0.3) is 0 Å². The zero-order valence-corrected chi connectivity index (χ0v) is 11.7. The van der Waals surface area contributed by atoms with Crippen molar-refractivity contribution in [2.24, 2.45) is 23.7 Å². The summed E-state index contributed by atoms with van der Waals surface area (Å²) in [6.07, 6.45) is 13.1. The quantitative estimate of drug-likeness (QED) is 0.726. The lowest BCUT2D eigenvalue weighted by atomic mass is 9.68. The Morgan fingerprint density at radius 1 is 0.895 bits per heavy atom. The minimum atomic E-state index is 0.0353. The summed E-state index contributed by atoms with van der Waals surface area (Å²) >= 11 is 0. The Morgan fingerprint density at radius 2 is 1.42 bits per heavy atom. The Morgan fingerprint density at radius 3 is 1.89 bits per heavy atom. The monoisotopic (exact) mass is 262 g/mol. The van der Waals surface area contributed by atoms with Crippen LogP contribution in [0.3, 0.4) is 0 Å². The van der Waals surface area contributed by atoms with Crippen LogP contribution in [-0.4, -0.2) is 18.2 Å². The van der Waals surface area contributed by atoms with Gasteiger partial charge in [0.1, 0.15) is 0 Å². The Balaban J connectivity index is 1.75. The maximum atomic E-state index is 11.5. The zero-order chi connectivity index (χ0) is 13.7. The fourth-order valence-corrected chi connectivity index (χ4v) is 4.05. The first-order valence-electron chi connectivity index (χ1n) is 7.77. The molecule has 19 heavy (non-hydrogen) atoms. The highest BCUT2D eigenvalue weighted by atomic mass is 16.1. The van der Waals surface area contributed by atoms with Crippen molar-refractivity contribution in [1.82, 2.24) is 0 Å². The third kappa shape index (κ3) is 3.74. The van der Waals surface area contributed by atoms with Gasteiger partial charge in [-0.15, -0.1) is 0 Å². The molecule has 106 valence electrons. The summed E-state index contributed by atoms with van der Waals surface area (Å²) in [5, 5.41) is 14.3. The molecule has 0 saturated heterocycles. The van der Waals surface area contributed by atoms with Crippen LogP contribution in [0.5, 0.6) is 0 Å². The van der Waals surface area contributed by atoms with Crippen LogP contribution >= 0.6 is 0 Å². The van der Waals surface area contributed by atoms with E-state index in [2.05, 4.69) is 0 Å². The Labute approximate surface area is 116 Å². The van der Waals surface area contributed by atoms with Crippen molar-refractivity contribution in [3.05, 3.63) is 0 Å². The first-order chi connectivity index (χ1) is 9.24. The Kier molecular flexibility index (Phi) is 5.29. The average molecular weight is 262 g/mol. The van der Waals surface area contributed by atoms with Crippen molar-refractivity contribution in [2.75, 3.05) is 0 Å². The predicted molar refractivity (Wildman–Crippen MR) is 78.1 cm³/mol. The number of carbonyl (C=O) groups is 1. The molecule has 0 amide bonds. The van der Waals surface area contributed by atoms with Crippen molar-refractivity contribution in [3.63, 3.8) is 0 Å². The van der Waals surface area contributed by atoms with Gasteiger partial charge in [0.15, 0.2) is 5.78 Å². The molecule has 0 heterocycles. The van der Waals surface area contributed by atoms with E-state index >= 15 is 0 Å². The number of ketones is 1. The van der Waals surface area contributed by atoms with Crippen molar-refractivity contribution in [3.8, 4) is 0 Å². The summed E-state index contributed by atoms with van der Waals surface area (Å²) in [7, 11) is 0. The van der Waals surface area contributed by atoms with Crippen LogP contribution in [-0.2, 0) is 4.79 Å². The van der Waals surface area contributed by atoms with Crippen LogP contribution in [0.2, 0.25) is 0 Å². The molecule has 0 spiro atoms. The van der Waals surface area contributed by atoms with E-state index in [4.69, 9.17) is 10.8 Å². The number of nitrogens with one attached hydrogen (secondary N) is 2. The van der Waals surface area contributed by atoms with Crippen LogP contribution in [0.4, 0.5) is 0 Å². The minimum Gasteiger partial charge on any atom is -0.313 e. The molecule has 2 aliphatic rings. The maximum Gasteiger partial charge on any atom is 0.176 e. The van der Waals surface area contributed by atoms with Crippen LogP contribution in [0.15, 0.2) is 0 Å². The molecule has 0 aromatic rings. The fraction of sp³-hybridized carbons (Fsp3) is 0.812. The number of Topliss-reactive ketones (excluding diaryl/α,β-unsaturated/α-hetero) is 1. The molecule has 2 saturated carbocycles. The van der Waals surface area contributed by atoms with Crippen molar-refractivity contribution >= 4 is 18.2 Å². The van der Waals surface area contributed by atoms with Gasteiger partial charge in [-0.25, -0.2) is 0 Å². The summed E-state index contributed by atoms with van der Waals surface area (Å²) < 4.78 is 0. The average Bonchev–Trinajstić information content (AvgIpc) is 2.48. The molecule has 0 radical (unpaired) electrons. The van der Waals surface area contributed by atoms with Gasteiger partial charge in [0.25, 0.3) is 0 Å². The molecule has 2 fully saturated rings. The highest BCUT2D eigenvalue weighted by Crippen LogP contribution is 2.41. The molecule has 0 aromatic carbocycles. The predicted octanol–water partition coefficient (Wildman–Crippen LogP) is 3.86. The summed E-state index contributed by atoms with van der Waals surface area (Å²) in [5.41, 5.74) is 0. The van der Waals surface area contributed by atoms with E-state index in [-0.39, 0.29) is 11.7 Å². The van der Waals surface area contributed by atoms with Gasteiger partial charge in [-0.1, -0.05) is 0 Å². The zero-order valence-electron chi connectivity index (χ0n) is 11.7. The highest BCUT2D eigenvalue weighted by Gasteiger charge is 2.32. The SMILES string of the molecule is N=CCC1CCC(C2CCC(C(=O)C=N)CC2)CC1. The van der Waals surface area contributed by atoms with Crippen LogP contribution in [0.1, 0.15) is 57.8 Å². The molecule has 3 nitrogen and oxygen atoms in total. The lowest BCUT2D eigenvalue weighted by Gasteiger charge is -2.37. The van der Waals surface area contributed by atoms with Gasteiger partial charge in [0.05, 0.1) is 6.21 Å². The smallest absolute Gasteiger partial charge is 0.176 e. The fourth-order valence-electron chi connectivity index (χ4n) is 4.05. The van der Waals surface area contributed by atoms with Gasteiger partial charge in [0, 0.05) is 5.92 Å². The summed E-state index contributed by atoms with van der Waals surface area (Å²) in [4.78, 5) is 11.5. The van der Waals surface area contributed by atoms with E-state index in [0.717, 1.165) is 43.2 Å². The number of carbonyl (C=O) groups excluding carboxylic acids is 1. The number of hydrogen-bond acceptors (Lipinski definition) is 3. The molecular weight excluding hydrogens is 236 g/mol. The number of hydrogen-bond donors (Lipinski definition) is 2. The normalized spacial score (nSPS) is 35.6. The largest absolute Gasteiger partial charge is 0.313 e. The van der Waals surface area contributed by atoms with E-state index in [9.17, 15) is 4.79 Å². The molecule has 0 aliphatic heterocycles. The van der Waals surface area contributed by atoms with Crippen molar-refractivity contribution in [1.29, 1.82) is 10.8 Å². The lowest BCUT2D eigenvalue weighted by Crippen LogP contribution is -2.28. The summed E-state index contributed by atoms with van der Waals surface area (Å²) in [6.45, 7) is 0. The van der Waals surface area contributed by atoms with Gasteiger partial charge in [0.2, 0.25) is 0 Å². The maximum absolute atomic E-state index is 11.5. The van der Waals surface area contributed by atoms with E-state index in [1.165, 1.54) is 38.5 Å². The first-order valence-corrected chi connectivity index (χ1v) is 7.77. The molecule has 2 rings (SSSR count). The molecule has 3 heteroatoms. The van der Waals surface area contributed by atoms with Crippen molar-refractivity contribution in [2.45, 2.75) is 57.8 Å². The standard InChI is InChI=1S/C16H26N2O/c17-10-9-12-1-3-13(4-2-12)14-5-7-15(8-6-14)16(19)11-18/h10-15,17-18H,1-9H2. The topological polar surface area (TPSA) is 64.8 Å². The Bertz CT molecular complexity index is 324. The lowest BCUT2D eigenvalue weighted by molar-refractivity contribution is -0.117. The highest BCUT2D eigenvalue weighted by molar-refractivity contribution is 6.27. The van der Waals surface area contributed by atoms with Gasteiger partial charge < -0.3 is 10.8 Å². The summed E-state index contributed by atoms with van der Waals surface area (Å²) in [5.74, 6) is 2.61. The molecule has 2 N–H and O–H groups in total. The second-order valence-electron chi connectivity index (χ2n) is 6.38. The molecular formula is C16H26N2O. The van der Waals surface area contributed by atoms with Gasteiger partial charge in [-0.3, -0.25) is 4.79 Å². The first kappa shape index (κ1) is 14.4. The minimum absolute atomic E-state index is 0.0353. The van der Waals surface area contributed by atoms with Gasteiger partial charge in [-0.2, -0.15) is 0 Å². The second kappa shape index (κ2) is 6.97. The molecule has 0 bridgehead atoms. The third-order valence-electron chi connectivity index (χ3n) is 5.33. The molecule has 0 atom stereocenters. The second-order valence-corrected chi connectivity index (χ2v) is 6.38. The molecule has 2 aliphatic carbocycles. The Hall–Kier alpha value is -0.990. The summed E-state index contributed by atoms with van der Waals surface area (Å²) in [6, 6.07) is 0. The molecule has 0 aromatic heterocycles. The van der Waals surface area contributed by atoms with Gasteiger partial charge in [-0.05, 0) is 81.8 Å². The van der Waals surface area contributed by atoms with Gasteiger partial charge >= 0.3 is 0 Å².